The molecule has 0 fully saturated rings. The standard InChI is InChI=1S/C13H18O3/c1-5-6-7-8-11(13(15)16-4)9-12(14)10(2)3/h5-7,11H,1-2,8-9H2,3-4H3/b7-6+. The van der Waals surface area contributed by atoms with Gasteiger partial charge < -0.3 is 4.74 Å². The largest absolute Gasteiger partial charge is 0.469 e. The van der Waals surface area contributed by atoms with Crippen molar-refractivity contribution < 1.29 is 14.3 Å². The van der Waals surface area contributed by atoms with Crippen LogP contribution in [0, 0.1) is 5.92 Å². The van der Waals surface area contributed by atoms with Gasteiger partial charge in [-0.15, -0.1) is 0 Å². The molecule has 0 amide bonds. The topological polar surface area (TPSA) is 43.4 Å². The third-order valence-electron chi connectivity index (χ3n) is 2.14. The van der Waals surface area contributed by atoms with Crippen molar-refractivity contribution in [2.45, 2.75) is 19.8 Å². The van der Waals surface area contributed by atoms with Crippen molar-refractivity contribution in [3.05, 3.63) is 37.0 Å². The SMILES string of the molecule is C=C/C=C/CC(CC(=O)C(=C)C)C(=O)OC. The van der Waals surface area contributed by atoms with E-state index in [2.05, 4.69) is 17.9 Å². The molecule has 3 nitrogen and oxygen atoms in total. The molecule has 0 aliphatic carbocycles. The minimum absolute atomic E-state index is 0.109. The van der Waals surface area contributed by atoms with Crippen molar-refractivity contribution in [2.75, 3.05) is 7.11 Å². The summed E-state index contributed by atoms with van der Waals surface area (Å²) >= 11 is 0. The zero-order valence-electron chi connectivity index (χ0n) is 9.86. The van der Waals surface area contributed by atoms with Gasteiger partial charge in [0.2, 0.25) is 0 Å². The fourth-order valence-electron chi connectivity index (χ4n) is 1.17. The summed E-state index contributed by atoms with van der Waals surface area (Å²) in [6.45, 7) is 8.72. The summed E-state index contributed by atoms with van der Waals surface area (Å²) in [6, 6.07) is 0. The first-order chi connectivity index (χ1) is 7.52. The van der Waals surface area contributed by atoms with Gasteiger partial charge in [0.1, 0.15) is 0 Å². The highest BCUT2D eigenvalue weighted by atomic mass is 16.5. The number of hydrogen-bond donors (Lipinski definition) is 0. The number of carbonyl (C=O) groups excluding carboxylic acids is 2. The maximum Gasteiger partial charge on any atom is 0.309 e. The van der Waals surface area contributed by atoms with Gasteiger partial charge in [0, 0.05) is 6.42 Å². The molecule has 0 spiro atoms. The molecule has 16 heavy (non-hydrogen) atoms. The van der Waals surface area contributed by atoms with E-state index in [-0.39, 0.29) is 18.2 Å². The maximum atomic E-state index is 11.5. The van der Waals surface area contributed by atoms with Crippen molar-refractivity contribution in [1.82, 2.24) is 0 Å². The number of rotatable bonds is 7. The minimum Gasteiger partial charge on any atom is -0.469 e. The first kappa shape index (κ1) is 14.4. The van der Waals surface area contributed by atoms with Crippen molar-refractivity contribution in [1.29, 1.82) is 0 Å². The number of hydrogen-bond acceptors (Lipinski definition) is 3. The summed E-state index contributed by atoms with van der Waals surface area (Å²) in [5.41, 5.74) is 0.460. The first-order valence-electron chi connectivity index (χ1n) is 5.07. The molecule has 0 aromatic carbocycles. The molecule has 88 valence electrons. The third kappa shape index (κ3) is 5.29. The van der Waals surface area contributed by atoms with Crippen molar-refractivity contribution in [3.8, 4) is 0 Å². The molecule has 0 heterocycles. The maximum absolute atomic E-state index is 11.5. The van der Waals surface area contributed by atoms with E-state index in [9.17, 15) is 9.59 Å². The highest BCUT2D eigenvalue weighted by molar-refractivity contribution is 5.96. The number of ether oxygens (including phenoxy) is 1. The van der Waals surface area contributed by atoms with Gasteiger partial charge in [0.05, 0.1) is 13.0 Å². The highest BCUT2D eigenvalue weighted by Crippen LogP contribution is 2.14. The van der Waals surface area contributed by atoms with Gasteiger partial charge in [-0.05, 0) is 18.9 Å². The second-order valence-electron chi connectivity index (χ2n) is 3.53. The van der Waals surface area contributed by atoms with Crippen LogP contribution in [0.3, 0.4) is 0 Å². The molecule has 0 radical (unpaired) electrons. The van der Waals surface area contributed by atoms with E-state index < -0.39 is 5.92 Å². The second-order valence-corrected chi connectivity index (χ2v) is 3.53. The molecule has 0 saturated heterocycles. The van der Waals surface area contributed by atoms with Crippen molar-refractivity contribution in [3.63, 3.8) is 0 Å². The van der Waals surface area contributed by atoms with Gasteiger partial charge in [-0.3, -0.25) is 9.59 Å². The number of methoxy groups -OCH3 is 1. The molecule has 0 aromatic rings. The van der Waals surface area contributed by atoms with Crippen LogP contribution in [0.2, 0.25) is 0 Å². The van der Waals surface area contributed by atoms with E-state index in [1.807, 2.05) is 0 Å². The lowest BCUT2D eigenvalue weighted by Crippen LogP contribution is -2.19. The number of esters is 1. The second kappa shape index (κ2) is 7.63. The monoisotopic (exact) mass is 222 g/mol. The predicted molar refractivity (Wildman–Crippen MR) is 63.9 cm³/mol. The summed E-state index contributed by atoms with van der Waals surface area (Å²) in [6.07, 6.45) is 5.76. The first-order valence-corrected chi connectivity index (χ1v) is 5.07. The summed E-state index contributed by atoms with van der Waals surface area (Å²) in [7, 11) is 1.32. The number of carbonyl (C=O) groups is 2. The fraction of sp³-hybridized carbons (Fsp3) is 0.385. The predicted octanol–water partition coefficient (Wildman–Crippen LogP) is 2.44. The van der Waals surface area contributed by atoms with Gasteiger partial charge in [0.25, 0.3) is 0 Å². The molecule has 1 atom stereocenters. The Bertz CT molecular complexity index is 313. The average Bonchev–Trinajstić information content (AvgIpc) is 2.26. The summed E-state index contributed by atoms with van der Waals surface area (Å²) in [5, 5.41) is 0. The molecule has 1 unspecified atom stereocenters. The Hall–Kier alpha value is -1.64. The van der Waals surface area contributed by atoms with E-state index in [1.165, 1.54) is 7.11 Å². The average molecular weight is 222 g/mol. The van der Waals surface area contributed by atoms with Crippen LogP contribution in [0.5, 0.6) is 0 Å². The number of Topliss-reactive ketones (excluding diaryl/α,β-unsaturated/α-hetero) is 1. The van der Waals surface area contributed by atoms with E-state index in [0.717, 1.165) is 0 Å². The highest BCUT2D eigenvalue weighted by Gasteiger charge is 2.21. The molecule has 0 aliphatic heterocycles. The molecular formula is C13H18O3. The molecule has 0 saturated carbocycles. The molecule has 0 rings (SSSR count). The van der Waals surface area contributed by atoms with E-state index in [1.54, 1.807) is 25.2 Å². The van der Waals surface area contributed by atoms with Crippen LogP contribution in [-0.4, -0.2) is 18.9 Å². The number of allylic oxidation sites excluding steroid dienone is 4. The molecule has 3 heteroatoms. The Morgan fingerprint density at radius 1 is 1.44 bits per heavy atom. The van der Waals surface area contributed by atoms with E-state index >= 15 is 0 Å². The van der Waals surface area contributed by atoms with Crippen molar-refractivity contribution >= 4 is 11.8 Å². The summed E-state index contributed by atoms with van der Waals surface area (Å²) < 4.78 is 4.64. The zero-order chi connectivity index (χ0) is 12.6. The zero-order valence-corrected chi connectivity index (χ0v) is 9.86. The minimum atomic E-state index is -0.439. The van der Waals surface area contributed by atoms with Gasteiger partial charge in [-0.25, -0.2) is 0 Å². The van der Waals surface area contributed by atoms with Crippen molar-refractivity contribution in [2.24, 2.45) is 5.92 Å². The Morgan fingerprint density at radius 2 is 2.06 bits per heavy atom. The lowest BCUT2D eigenvalue weighted by Gasteiger charge is -2.11. The van der Waals surface area contributed by atoms with Crippen LogP contribution in [0.15, 0.2) is 37.0 Å². The normalized spacial score (nSPS) is 12.1. The molecule has 0 aromatic heterocycles. The Balaban J connectivity index is 4.48. The third-order valence-corrected chi connectivity index (χ3v) is 2.14. The molecular weight excluding hydrogens is 204 g/mol. The lowest BCUT2D eigenvalue weighted by atomic mass is 9.96. The van der Waals surface area contributed by atoms with Crippen LogP contribution in [0.1, 0.15) is 19.8 Å². The van der Waals surface area contributed by atoms with Gasteiger partial charge in [-0.2, -0.15) is 0 Å². The van der Waals surface area contributed by atoms with Gasteiger partial charge in [-0.1, -0.05) is 31.4 Å². The van der Waals surface area contributed by atoms with Crippen LogP contribution < -0.4 is 0 Å². The van der Waals surface area contributed by atoms with Gasteiger partial charge >= 0.3 is 5.97 Å². The van der Waals surface area contributed by atoms with E-state index in [0.29, 0.717) is 12.0 Å². The quantitative estimate of drug-likeness (QED) is 0.377. The molecule has 0 N–H and O–H groups in total. The lowest BCUT2D eigenvalue weighted by molar-refractivity contribution is -0.146. The Morgan fingerprint density at radius 3 is 2.50 bits per heavy atom. The Labute approximate surface area is 96.5 Å². The van der Waals surface area contributed by atoms with Crippen LogP contribution >= 0.6 is 0 Å². The van der Waals surface area contributed by atoms with E-state index in [4.69, 9.17) is 0 Å². The van der Waals surface area contributed by atoms with Gasteiger partial charge in [0.15, 0.2) is 5.78 Å². The fourth-order valence-corrected chi connectivity index (χ4v) is 1.17. The Kier molecular flexibility index (Phi) is 6.84. The summed E-state index contributed by atoms with van der Waals surface area (Å²) in [5.74, 6) is -0.920. The summed E-state index contributed by atoms with van der Waals surface area (Å²) in [4.78, 5) is 22.9. The molecule has 0 bridgehead atoms. The molecule has 0 aliphatic rings. The van der Waals surface area contributed by atoms with Crippen LogP contribution in [-0.2, 0) is 14.3 Å². The smallest absolute Gasteiger partial charge is 0.309 e. The van der Waals surface area contributed by atoms with Crippen LogP contribution in [0.25, 0.3) is 0 Å². The number of ketones is 1. The van der Waals surface area contributed by atoms with Crippen LogP contribution in [0.4, 0.5) is 0 Å².